The summed E-state index contributed by atoms with van der Waals surface area (Å²) >= 11 is 0. The van der Waals surface area contributed by atoms with Gasteiger partial charge in [-0.3, -0.25) is 0 Å². The maximum absolute atomic E-state index is 12.8. The zero-order chi connectivity index (χ0) is 13.9. The van der Waals surface area contributed by atoms with Crippen LogP contribution in [0.1, 0.15) is 62.4 Å². The summed E-state index contributed by atoms with van der Waals surface area (Å²) in [6.07, 6.45) is -0.857. The van der Waals surface area contributed by atoms with Crippen LogP contribution in [0.25, 0.3) is 0 Å². The molecule has 3 nitrogen and oxygen atoms in total. The fraction of sp³-hybridized carbons (Fsp3) is 0.714. The molecule has 0 bridgehead atoms. The highest BCUT2D eigenvalue weighted by Crippen LogP contribution is 2.22. The summed E-state index contributed by atoms with van der Waals surface area (Å²) in [6.45, 7) is 12.1. The Labute approximate surface area is 109 Å². The highest BCUT2D eigenvalue weighted by atomic mass is 19.1. The minimum absolute atomic E-state index is 0.0261. The Bertz CT molecular complexity index is 379. The van der Waals surface area contributed by atoms with Gasteiger partial charge in [0.2, 0.25) is 0 Å². The summed E-state index contributed by atoms with van der Waals surface area (Å²) in [5, 5.41) is 3.10. The number of alkyl halides is 1. The molecular weight excluding hydrogens is 229 g/mol. The third-order valence-electron chi connectivity index (χ3n) is 3.01. The summed E-state index contributed by atoms with van der Waals surface area (Å²) in [5.41, 5.74) is 3.26. The van der Waals surface area contributed by atoms with Crippen molar-refractivity contribution in [3.05, 3.63) is 22.8 Å². The maximum Gasteiger partial charge on any atom is 0.145 e. The van der Waals surface area contributed by atoms with Crippen LogP contribution in [0, 0.1) is 13.8 Å². The molecule has 1 heterocycles. The van der Waals surface area contributed by atoms with Crippen LogP contribution in [0.15, 0.2) is 0 Å². The lowest BCUT2D eigenvalue weighted by atomic mass is 10.00. The number of nitrogens with zero attached hydrogens (tertiary/aromatic N) is 2. The van der Waals surface area contributed by atoms with E-state index in [1.54, 1.807) is 6.92 Å². The first-order valence-corrected chi connectivity index (χ1v) is 6.55. The SMILES string of the molecule is Cc1nc(C(C)NCC(C)F)nc(C)c1C(C)C. The number of hydrogen-bond acceptors (Lipinski definition) is 3. The minimum Gasteiger partial charge on any atom is -0.305 e. The third-order valence-corrected chi connectivity index (χ3v) is 3.01. The first-order chi connectivity index (χ1) is 8.32. The van der Waals surface area contributed by atoms with Crippen LogP contribution in [-0.4, -0.2) is 22.7 Å². The van der Waals surface area contributed by atoms with E-state index in [1.165, 1.54) is 5.56 Å². The maximum atomic E-state index is 12.8. The molecule has 0 spiro atoms. The molecule has 0 radical (unpaired) electrons. The number of halogens is 1. The molecule has 2 unspecified atom stereocenters. The molecule has 0 saturated carbocycles. The van der Waals surface area contributed by atoms with Gasteiger partial charge in [0.05, 0.1) is 6.04 Å². The Morgan fingerprint density at radius 1 is 1.06 bits per heavy atom. The topological polar surface area (TPSA) is 37.8 Å². The molecule has 1 aromatic heterocycles. The quantitative estimate of drug-likeness (QED) is 0.875. The molecule has 18 heavy (non-hydrogen) atoms. The monoisotopic (exact) mass is 253 g/mol. The largest absolute Gasteiger partial charge is 0.305 e. The van der Waals surface area contributed by atoms with E-state index in [0.29, 0.717) is 12.5 Å². The fourth-order valence-corrected chi connectivity index (χ4v) is 2.21. The van der Waals surface area contributed by atoms with Gasteiger partial charge in [0.25, 0.3) is 0 Å². The van der Waals surface area contributed by atoms with Gasteiger partial charge in [-0.1, -0.05) is 13.8 Å². The second-order valence-electron chi connectivity index (χ2n) is 5.23. The Morgan fingerprint density at radius 2 is 1.56 bits per heavy atom. The molecule has 0 fully saturated rings. The smallest absolute Gasteiger partial charge is 0.145 e. The van der Waals surface area contributed by atoms with Crippen LogP contribution in [0.5, 0.6) is 0 Å². The third kappa shape index (κ3) is 3.73. The van der Waals surface area contributed by atoms with E-state index in [0.717, 1.165) is 17.2 Å². The fourth-order valence-electron chi connectivity index (χ4n) is 2.21. The number of nitrogens with one attached hydrogen (secondary N) is 1. The van der Waals surface area contributed by atoms with Crippen LogP contribution >= 0.6 is 0 Å². The van der Waals surface area contributed by atoms with Crippen molar-refractivity contribution < 1.29 is 4.39 Å². The van der Waals surface area contributed by atoms with Gasteiger partial charge < -0.3 is 5.32 Å². The standard InChI is InChI=1S/C14H24FN3/c1-8(2)13-10(4)17-14(18-11(13)5)12(6)16-7-9(3)15/h8-9,12,16H,7H2,1-6H3. The van der Waals surface area contributed by atoms with Gasteiger partial charge in [0, 0.05) is 17.9 Å². The van der Waals surface area contributed by atoms with E-state index in [2.05, 4.69) is 29.1 Å². The van der Waals surface area contributed by atoms with Crippen molar-refractivity contribution in [3.8, 4) is 0 Å². The normalized spacial score (nSPS) is 14.9. The molecular formula is C14H24FN3. The zero-order valence-corrected chi connectivity index (χ0v) is 12.2. The van der Waals surface area contributed by atoms with Crippen molar-refractivity contribution in [2.75, 3.05) is 6.54 Å². The van der Waals surface area contributed by atoms with Gasteiger partial charge >= 0.3 is 0 Å². The minimum atomic E-state index is -0.857. The van der Waals surface area contributed by atoms with Crippen molar-refractivity contribution in [1.29, 1.82) is 0 Å². The average Bonchev–Trinajstić information content (AvgIpc) is 2.24. The van der Waals surface area contributed by atoms with Crippen molar-refractivity contribution in [2.24, 2.45) is 0 Å². The molecule has 0 saturated heterocycles. The summed E-state index contributed by atoms with van der Waals surface area (Å²) < 4.78 is 12.8. The number of aromatic nitrogens is 2. The Morgan fingerprint density at radius 3 is 1.94 bits per heavy atom. The van der Waals surface area contributed by atoms with Crippen molar-refractivity contribution in [2.45, 2.75) is 59.7 Å². The van der Waals surface area contributed by atoms with Crippen LogP contribution in [-0.2, 0) is 0 Å². The summed E-state index contributed by atoms with van der Waals surface area (Å²) in [4.78, 5) is 9.07. The van der Waals surface area contributed by atoms with E-state index in [9.17, 15) is 4.39 Å². The van der Waals surface area contributed by atoms with Crippen molar-refractivity contribution >= 4 is 0 Å². The highest BCUT2D eigenvalue weighted by molar-refractivity contribution is 5.27. The van der Waals surface area contributed by atoms with Crippen molar-refractivity contribution in [3.63, 3.8) is 0 Å². The van der Waals surface area contributed by atoms with Gasteiger partial charge in [-0.25, -0.2) is 14.4 Å². The lowest BCUT2D eigenvalue weighted by Crippen LogP contribution is -2.27. The van der Waals surface area contributed by atoms with Crippen LogP contribution in [0.2, 0.25) is 0 Å². The van der Waals surface area contributed by atoms with Crippen molar-refractivity contribution in [1.82, 2.24) is 15.3 Å². The van der Waals surface area contributed by atoms with Gasteiger partial charge in [-0.05, 0) is 39.2 Å². The van der Waals surface area contributed by atoms with Gasteiger partial charge in [-0.2, -0.15) is 0 Å². The zero-order valence-electron chi connectivity index (χ0n) is 12.2. The van der Waals surface area contributed by atoms with Crippen LogP contribution in [0.4, 0.5) is 4.39 Å². The molecule has 4 heteroatoms. The van der Waals surface area contributed by atoms with Gasteiger partial charge in [-0.15, -0.1) is 0 Å². The molecule has 102 valence electrons. The Hall–Kier alpha value is -1.03. The first-order valence-electron chi connectivity index (χ1n) is 6.55. The molecule has 0 aromatic carbocycles. The lowest BCUT2D eigenvalue weighted by Gasteiger charge is -2.18. The predicted molar refractivity (Wildman–Crippen MR) is 72.6 cm³/mol. The van der Waals surface area contributed by atoms with E-state index in [4.69, 9.17) is 0 Å². The number of aryl methyl sites for hydroxylation is 2. The Kier molecular flexibility index (Phi) is 5.20. The van der Waals surface area contributed by atoms with Crippen LogP contribution < -0.4 is 5.32 Å². The lowest BCUT2D eigenvalue weighted by molar-refractivity contribution is 0.330. The molecule has 0 aliphatic rings. The van der Waals surface area contributed by atoms with Gasteiger partial charge in [0.15, 0.2) is 0 Å². The summed E-state index contributed by atoms with van der Waals surface area (Å²) in [5.74, 6) is 1.17. The molecule has 1 rings (SSSR count). The average molecular weight is 253 g/mol. The van der Waals surface area contributed by atoms with E-state index in [-0.39, 0.29) is 6.04 Å². The van der Waals surface area contributed by atoms with Crippen LogP contribution in [0.3, 0.4) is 0 Å². The second kappa shape index (κ2) is 6.23. The summed E-state index contributed by atoms with van der Waals surface area (Å²) in [7, 11) is 0. The number of rotatable bonds is 5. The highest BCUT2D eigenvalue weighted by Gasteiger charge is 2.15. The summed E-state index contributed by atoms with van der Waals surface area (Å²) in [6, 6.07) is -0.0261. The molecule has 2 atom stereocenters. The second-order valence-corrected chi connectivity index (χ2v) is 5.23. The van der Waals surface area contributed by atoms with E-state index < -0.39 is 6.17 Å². The molecule has 0 amide bonds. The number of hydrogen-bond donors (Lipinski definition) is 1. The Balaban J connectivity index is 2.92. The molecule has 0 aliphatic heterocycles. The van der Waals surface area contributed by atoms with E-state index in [1.807, 2.05) is 20.8 Å². The first kappa shape index (κ1) is 15.0. The molecule has 1 aromatic rings. The molecule has 0 aliphatic carbocycles. The van der Waals surface area contributed by atoms with Gasteiger partial charge in [0.1, 0.15) is 12.0 Å². The predicted octanol–water partition coefficient (Wildman–Crippen LogP) is 3.23. The molecule has 1 N–H and O–H groups in total. The van der Waals surface area contributed by atoms with E-state index >= 15 is 0 Å².